The Balaban J connectivity index is 2.75. The molecule has 1 aliphatic heterocycles. The van der Waals surface area contributed by atoms with Gasteiger partial charge >= 0.3 is 5.97 Å². The second kappa shape index (κ2) is 2.62. The number of ether oxygens (including phenoxy) is 1. The highest BCUT2D eigenvalue weighted by Crippen LogP contribution is 2.29. The van der Waals surface area contributed by atoms with Crippen LogP contribution in [0.4, 0.5) is 0 Å². The number of carboxylic acid groups (broad SMARTS) is 1. The minimum atomic E-state index is -1.21. The fourth-order valence-electron chi connectivity index (χ4n) is 1.05. The summed E-state index contributed by atoms with van der Waals surface area (Å²) in [7, 11) is 0. The molecule has 0 atom stereocenters. The van der Waals surface area contributed by atoms with Crippen molar-refractivity contribution in [1.29, 1.82) is 0 Å². The Bertz CT molecular complexity index is 193. The highest BCUT2D eigenvalue weighted by molar-refractivity contribution is 6.04. The standard InChI is InChI=1S/C7H10O4/c1-2-5(8)7(6(9)10)3-11-4-7/h2-4H2,1H3,(H,9,10). The second-order valence-corrected chi connectivity index (χ2v) is 2.66. The fourth-order valence-corrected chi connectivity index (χ4v) is 1.05. The van der Waals surface area contributed by atoms with E-state index in [2.05, 4.69) is 0 Å². The van der Waals surface area contributed by atoms with Gasteiger partial charge in [-0.15, -0.1) is 0 Å². The normalized spacial score (nSPS) is 20.5. The lowest BCUT2D eigenvalue weighted by Crippen LogP contribution is -2.54. The first-order chi connectivity index (χ1) is 5.13. The van der Waals surface area contributed by atoms with Crippen LogP contribution >= 0.6 is 0 Å². The molecule has 1 rings (SSSR count). The summed E-state index contributed by atoms with van der Waals surface area (Å²) in [6.45, 7) is 1.73. The van der Waals surface area contributed by atoms with Crippen LogP contribution in [0.5, 0.6) is 0 Å². The molecule has 0 aliphatic carbocycles. The van der Waals surface area contributed by atoms with Gasteiger partial charge in [0.05, 0.1) is 13.2 Å². The smallest absolute Gasteiger partial charge is 0.322 e. The molecule has 1 N–H and O–H groups in total. The van der Waals surface area contributed by atoms with E-state index in [1.807, 2.05) is 0 Å². The molecule has 0 spiro atoms. The molecule has 0 amide bonds. The van der Waals surface area contributed by atoms with Crippen molar-refractivity contribution < 1.29 is 19.4 Å². The SMILES string of the molecule is CCC(=O)C1(C(=O)O)COC1. The quantitative estimate of drug-likeness (QED) is 0.590. The monoisotopic (exact) mass is 158 g/mol. The van der Waals surface area contributed by atoms with Crippen molar-refractivity contribution in [1.82, 2.24) is 0 Å². The van der Waals surface area contributed by atoms with Crippen LogP contribution in [0.2, 0.25) is 0 Å². The molecular formula is C7H10O4. The number of ketones is 1. The van der Waals surface area contributed by atoms with E-state index in [9.17, 15) is 9.59 Å². The largest absolute Gasteiger partial charge is 0.480 e. The van der Waals surface area contributed by atoms with Gasteiger partial charge in [0.15, 0.2) is 11.2 Å². The zero-order valence-corrected chi connectivity index (χ0v) is 6.29. The van der Waals surface area contributed by atoms with Gasteiger partial charge < -0.3 is 9.84 Å². The molecule has 1 fully saturated rings. The molecule has 1 saturated heterocycles. The number of hydrogen-bond donors (Lipinski definition) is 1. The van der Waals surface area contributed by atoms with Gasteiger partial charge in [0.2, 0.25) is 0 Å². The van der Waals surface area contributed by atoms with Crippen LogP contribution < -0.4 is 0 Å². The second-order valence-electron chi connectivity index (χ2n) is 2.66. The van der Waals surface area contributed by atoms with Crippen molar-refractivity contribution in [3.8, 4) is 0 Å². The predicted octanol–water partition coefficient (Wildman–Crippen LogP) is 0.0667. The zero-order valence-electron chi connectivity index (χ0n) is 6.29. The molecule has 0 unspecified atom stereocenters. The Morgan fingerprint density at radius 2 is 2.09 bits per heavy atom. The van der Waals surface area contributed by atoms with E-state index in [0.717, 1.165) is 0 Å². The van der Waals surface area contributed by atoms with E-state index in [0.29, 0.717) is 0 Å². The van der Waals surface area contributed by atoms with Crippen molar-refractivity contribution in [2.24, 2.45) is 5.41 Å². The number of carboxylic acids is 1. The van der Waals surface area contributed by atoms with E-state index < -0.39 is 11.4 Å². The number of Topliss-reactive ketones (excluding diaryl/α,β-unsaturated/α-hetero) is 1. The van der Waals surface area contributed by atoms with Crippen LogP contribution in [0.25, 0.3) is 0 Å². The summed E-state index contributed by atoms with van der Waals surface area (Å²) in [5.41, 5.74) is -1.21. The molecule has 0 aromatic rings. The summed E-state index contributed by atoms with van der Waals surface area (Å²) in [6.07, 6.45) is 0.260. The van der Waals surface area contributed by atoms with Crippen LogP contribution in [0, 0.1) is 5.41 Å². The predicted molar refractivity (Wildman–Crippen MR) is 36.2 cm³/mol. The molecular weight excluding hydrogens is 148 g/mol. The van der Waals surface area contributed by atoms with E-state index in [1.165, 1.54) is 0 Å². The van der Waals surface area contributed by atoms with Crippen LogP contribution in [0.1, 0.15) is 13.3 Å². The fraction of sp³-hybridized carbons (Fsp3) is 0.714. The number of carbonyl (C=O) groups excluding carboxylic acids is 1. The van der Waals surface area contributed by atoms with Gasteiger partial charge in [-0.2, -0.15) is 0 Å². The first kappa shape index (κ1) is 8.20. The zero-order chi connectivity index (χ0) is 8.48. The summed E-state index contributed by atoms with van der Waals surface area (Å²) in [5, 5.41) is 8.68. The maximum atomic E-state index is 11.1. The summed E-state index contributed by atoms with van der Waals surface area (Å²) in [5.74, 6) is -1.30. The van der Waals surface area contributed by atoms with Crippen molar-refractivity contribution in [3.63, 3.8) is 0 Å². The molecule has 0 radical (unpaired) electrons. The first-order valence-electron chi connectivity index (χ1n) is 3.48. The van der Waals surface area contributed by atoms with Gasteiger partial charge in [-0.05, 0) is 0 Å². The van der Waals surface area contributed by atoms with Crippen LogP contribution in [0.15, 0.2) is 0 Å². The summed E-state index contributed by atoms with van der Waals surface area (Å²) < 4.78 is 4.72. The molecule has 1 aliphatic rings. The van der Waals surface area contributed by atoms with Gasteiger partial charge in [0, 0.05) is 6.42 Å². The molecule has 11 heavy (non-hydrogen) atoms. The third-order valence-corrected chi connectivity index (χ3v) is 1.96. The number of carbonyl (C=O) groups is 2. The highest BCUT2D eigenvalue weighted by Gasteiger charge is 2.51. The Hall–Kier alpha value is -0.900. The van der Waals surface area contributed by atoms with E-state index in [1.54, 1.807) is 6.92 Å². The van der Waals surface area contributed by atoms with E-state index in [-0.39, 0.29) is 25.4 Å². The number of hydrogen-bond acceptors (Lipinski definition) is 3. The molecule has 0 saturated carbocycles. The van der Waals surface area contributed by atoms with Crippen molar-refractivity contribution >= 4 is 11.8 Å². The average molecular weight is 158 g/mol. The van der Waals surface area contributed by atoms with Crippen molar-refractivity contribution in [2.45, 2.75) is 13.3 Å². The van der Waals surface area contributed by atoms with E-state index >= 15 is 0 Å². The highest BCUT2D eigenvalue weighted by atomic mass is 16.5. The molecule has 1 heterocycles. The number of aliphatic carboxylic acids is 1. The summed E-state index contributed by atoms with van der Waals surface area (Å²) >= 11 is 0. The third-order valence-electron chi connectivity index (χ3n) is 1.96. The summed E-state index contributed by atoms with van der Waals surface area (Å²) in [4.78, 5) is 21.7. The minimum absolute atomic E-state index is 0.0367. The maximum Gasteiger partial charge on any atom is 0.322 e. The lowest BCUT2D eigenvalue weighted by Gasteiger charge is -2.35. The molecule has 62 valence electrons. The van der Waals surface area contributed by atoms with Crippen molar-refractivity contribution in [3.05, 3.63) is 0 Å². The minimum Gasteiger partial charge on any atom is -0.480 e. The summed E-state index contributed by atoms with van der Waals surface area (Å²) in [6, 6.07) is 0. The Kier molecular flexibility index (Phi) is 1.95. The van der Waals surface area contributed by atoms with Gasteiger partial charge in [0.1, 0.15) is 0 Å². The lowest BCUT2D eigenvalue weighted by atomic mass is 9.80. The third kappa shape index (κ3) is 1.03. The maximum absolute atomic E-state index is 11.1. The molecule has 0 aromatic carbocycles. The van der Waals surface area contributed by atoms with Crippen LogP contribution in [-0.4, -0.2) is 30.1 Å². The Labute approximate surface area is 64.2 Å². The van der Waals surface area contributed by atoms with Gasteiger partial charge in [-0.25, -0.2) is 0 Å². The van der Waals surface area contributed by atoms with E-state index in [4.69, 9.17) is 9.84 Å². The molecule has 0 aromatic heterocycles. The Morgan fingerprint density at radius 1 is 1.55 bits per heavy atom. The number of rotatable bonds is 3. The molecule has 0 bridgehead atoms. The van der Waals surface area contributed by atoms with Gasteiger partial charge in [-0.3, -0.25) is 9.59 Å². The van der Waals surface area contributed by atoms with Crippen LogP contribution in [-0.2, 0) is 14.3 Å². The molecule has 4 heteroatoms. The van der Waals surface area contributed by atoms with Crippen LogP contribution in [0.3, 0.4) is 0 Å². The average Bonchev–Trinajstić information content (AvgIpc) is 1.84. The van der Waals surface area contributed by atoms with Gasteiger partial charge in [0.25, 0.3) is 0 Å². The lowest BCUT2D eigenvalue weighted by molar-refractivity contribution is -0.184. The topological polar surface area (TPSA) is 63.6 Å². The Morgan fingerprint density at radius 3 is 2.18 bits per heavy atom. The molecule has 4 nitrogen and oxygen atoms in total. The first-order valence-corrected chi connectivity index (χ1v) is 3.48. The van der Waals surface area contributed by atoms with Gasteiger partial charge in [-0.1, -0.05) is 6.92 Å². The van der Waals surface area contributed by atoms with Crippen molar-refractivity contribution in [2.75, 3.05) is 13.2 Å².